The van der Waals surface area contributed by atoms with Crippen LogP contribution in [0.5, 0.6) is 5.75 Å². The van der Waals surface area contributed by atoms with E-state index in [-0.39, 0.29) is 17.5 Å². The molecule has 1 amide bonds. The van der Waals surface area contributed by atoms with Crippen molar-refractivity contribution in [3.63, 3.8) is 0 Å². The number of nitrogens with zero attached hydrogens (tertiary/aromatic N) is 1. The number of aromatic nitrogens is 1. The van der Waals surface area contributed by atoms with Gasteiger partial charge in [-0.25, -0.2) is 4.98 Å². The van der Waals surface area contributed by atoms with E-state index >= 15 is 0 Å². The lowest BCUT2D eigenvalue weighted by molar-refractivity contribution is 0.0942. The van der Waals surface area contributed by atoms with Gasteiger partial charge in [0.05, 0.1) is 0 Å². The number of benzene rings is 1. The molecule has 0 bridgehead atoms. The Labute approximate surface area is 124 Å². The summed E-state index contributed by atoms with van der Waals surface area (Å²) >= 11 is 0. The second-order valence-corrected chi connectivity index (χ2v) is 5.64. The molecule has 0 saturated heterocycles. The molecule has 5 heteroatoms. The summed E-state index contributed by atoms with van der Waals surface area (Å²) in [6.07, 6.45) is 2.41. The molecule has 4 N–H and O–H groups in total. The fourth-order valence-corrected chi connectivity index (χ4v) is 2.31. The number of carbonyl (C=O) groups excluding carboxylic acids is 1. The van der Waals surface area contributed by atoms with Crippen LogP contribution in [0, 0.1) is 5.92 Å². The number of aromatic hydroxyl groups is 1. The van der Waals surface area contributed by atoms with Gasteiger partial charge in [-0.2, -0.15) is 0 Å². The Hall–Kier alpha value is -2.14. The van der Waals surface area contributed by atoms with Gasteiger partial charge in [0.25, 0.3) is 5.91 Å². The van der Waals surface area contributed by atoms with Crippen LogP contribution in [0.25, 0.3) is 10.8 Å². The molecule has 0 radical (unpaired) electrons. The van der Waals surface area contributed by atoms with Crippen molar-refractivity contribution in [1.29, 1.82) is 0 Å². The highest BCUT2D eigenvalue weighted by Crippen LogP contribution is 2.26. The summed E-state index contributed by atoms with van der Waals surface area (Å²) < 4.78 is 0. The van der Waals surface area contributed by atoms with E-state index < -0.39 is 5.91 Å². The van der Waals surface area contributed by atoms with Crippen LogP contribution in [0.1, 0.15) is 30.8 Å². The van der Waals surface area contributed by atoms with Gasteiger partial charge >= 0.3 is 0 Å². The first kappa shape index (κ1) is 15.3. The van der Waals surface area contributed by atoms with Crippen molar-refractivity contribution in [2.24, 2.45) is 11.7 Å². The molecule has 5 nitrogen and oxygen atoms in total. The molecule has 1 aromatic carbocycles. The first-order chi connectivity index (χ1) is 9.99. The normalized spacial score (nSPS) is 12.6. The second-order valence-electron chi connectivity index (χ2n) is 5.64. The Morgan fingerprint density at radius 3 is 2.81 bits per heavy atom. The summed E-state index contributed by atoms with van der Waals surface area (Å²) in [5, 5.41) is 14.3. The van der Waals surface area contributed by atoms with E-state index in [1.54, 1.807) is 12.3 Å². The van der Waals surface area contributed by atoms with Gasteiger partial charge in [-0.05, 0) is 12.3 Å². The third kappa shape index (κ3) is 3.70. The van der Waals surface area contributed by atoms with Gasteiger partial charge in [0, 0.05) is 29.6 Å². The number of hydrogen-bond acceptors (Lipinski definition) is 4. The Morgan fingerprint density at radius 1 is 1.38 bits per heavy atom. The molecule has 0 aliphatic carbocycles. The van der Waals surface area contributed by atoms with Gasteiger partial charge in [-0.3, -0.25) is 4.79 Å². The number of pyridine rings is 1. The summed E-state index contributed by atoms with van der Waals surface area (Å²) in [7, 11) is 0. The van der Waals surface area contributed by atoms with Crippen molar-refractivity contribution in [2.75, 3.05) is 6.54 Å². The molecule has 0 unspecified atom stereocenters. The zero-order valence-corrected chi connectivity index (χ0v) is 12.3. The van der Waals surface area contributed by atoms with Crippen molar-refractivity contribution in [1.82, 2.24) is 10.3 Å². The SMILES string of the molecule is CC(C)C[C@H](N)CNC(=O)c1ncc2ccccc2c1O. The zero-order valence-electron chi connectivity index (χ0n) is 12.3. The number of carbonyl (C=O) groups is 1. The van der Waals surface area contributed by atoms with Gasteiger partial charge < -0.3 is 16.2 Å². The number of hydrogen-bond donors (Lipinski definition) is 3. The summed E-state index contributed by atoms with van der Waals surface area (Å²) in [5.41, 5.74) is 5.96. The molecule has 2 rings (SSSR count). The van der Waals surface area contributed by atoms with Crippen LogP contribution in [0.2, 0.25) is 0 Å². The van der Waals surface area contributed by atoms with E-state index in [0.29, 0.717) is 17.8 Å². The number of amides is 1. The van der Waals surface area contributed by atoms with Crippen molar-refractivity contribution in [2.45, 2.75) is 26.3 Å². The monoisotopic (exact) mass is 287 g/mol. The minimum Gasteiger partial charge on any atom is -0.505 e. The van der Waals surface area contributed by atoms with E-state index in [9.17, 15) is 9.90 Å². The lowest BCUT2D eigenvalue weighted by atomic mass is 10.0. The van der Waals surface area contributed by atoms with E-state index in [1.165, 1.54) is 0 Å². The minimum atomic E-state index is -0.405. The van der Waals surface area contributed by atoms with Crippen LogP contribution in [-0.4, -0.2) is 28.6 Å². The Bertz CT molecular complexity index is 640. The molecule has 0 spiro atoms. The largest absolute Gasteiger partial charge is 0.505 e. The maximum atomic E-state index is 12.1. The highest BCUT2D eigenvalue weighted by Gasteiger charge is 2.16. The van der Waals surface area contributed by atoms with E-state index in [4.69, 9.17) is 5.73 Å². The Balaban J connectivity index is 2.11. The van der Waals surface area contributed by atoms with E-state index in [0.717, 1.165) is 11.8 Å². The second kappa shape index (κ2) is 6.54. The van der Waals surface area contributed by atoms with Gasteiger partial charge in [-0.1, -0.05) is 38.1 Å². The molecule has 2 aromatic rings. The fourth-order valence-electron chi connectivity index (χ4n) is 2.31. The van der Waals surface area contributed by atoms with Gasteiger partial charge in [0.2, 0.25) is 0 Å². The first-order valence-corrected chi connectivity index (χ1v) is 7.09. The Kier molecular flexibility index (Phi) is 4.75. The lowest BCUT2D eigenvalue weighted by Gasteiger charge is -2.15. The van der Waals surface area contributed by atoms with E-state index in [1.807, 2.05) is 18.2 Å². The topological polar surface area (TPSA) is 88.2 Å². The summed E-state index contributed by atoms with van der Waals surface area (Å²) in [4.78, 5) is 16.2. The van der Waals surface area contributed by atoms with Gasteiger partial charge in [-0.15, -0.1) is 0 Å². The highest BCUT2D eigenvalue weighted by atomic mass is 16.3. The lowest BCUT2D eigenvalue weighted by Crippen LogP contribution is -2.38. The maximum Gasteiger partial charge on any atom is 0.273 e. The van der Waals surface area contributed by atoms with Crippen LogP contribution in [0.4, 0.5) is 0 Å². The first-order valence-electron chi connectivity index (χ1n) is 7.09. The van der Waals surface area contributed by atoms with Crippen LogP contribution in [-0.2, 0) is 0 Å². The average molecular weight is 287 g/mol. The predicted octanol–water partition coefficient (Wildman–Crippen LogP) is 2.04. The van der Waals surface area contributed by atoms with Crippen molar-refractivity contribution in [3.8, 4) is 5.75 Å². The van der Waals surface area contributed by atoms with Crippen LogP contribution in [0.3, 0.4) is 0 Å². The molecule has 1 heterocycles. The molecule has 0 fully saturated rings. The minimum absolute atomic E-state index is 0.0328. The van der Waals surface area contributed by atoms with E-state index in [2.05, 4.69) is 24.1 Å². The van der Waals surface area contributed by atoms with Crippen molar-refractivity contribution < 1.29 is 9.90 Å². The van der Waals surface area contributed by atoms with Gasteiger partial charge in [0.1, 0.15) is 0 Å². The van der Waals surface area contributed by atoms with Crippen LogP contribution >= 0.6 is 0 Å². The predicted molar refractivity (Wildman–Crippen MR) is 83.2 cm³/mol. The average Bonchev–Trinajstić information content (AvgIpc) is 2.45. The Morgan fingerprint density at radius 2 is 2.10 bits per heavy atom. The number of rotatable bonds is 5. The zero-order chi connectivity index (χ0) is 15.4. The quantitative estimate of drug-likeness (QED) is 0.785. The fraction of sp³-hybridized carbons (Fsp3) is 0.375. The molecular formula is C16H21N3O2. The number of fused-ring (bicyclic) bond motifs is 1. The van der Waals surface area contributed by atoms with Gasteiger partial charge in [0.15, 0.2) is 11.4 Å². The molecule has 1 atom stereocenters. The van der Waals surface area contributed by atoms with Crippen molar-refractivity contribution in [3.05, 3.63) is 36.2 Å². The number of nitrogens with one attached hydrogen (secondary N) is 1. The smallest absolute Gasteiger partial charge is 0.273 e. The maximum absolute atomic E-state index is 12.1. The summed E-state index contributed by atoms with van der Waals surface area (Å²) in [5.74, 6) is -0.0235. The van der Waals surface area contributed by atoms with Crippen molar-refractivity contribution >= 4 is 16.7 Å². The molecule has 21 heavy (non-hydrogen) atoms. The highest BCUT2D eigenvalue weighted by molar-refractivity contribution is 6.01. The summed E-state index contributed by atoms with van der Waals surface area (Å²) in [6.45, 7) is 4.53. The summed E-state index contributed by atoms with van der Waals surface area (Å²) in [6, 6.07) is 7.16. The molecule has 0 saturated carbocycles. The molecule has 112 valence electrons. The van der Waals surface area contributed by atoms with Crippen LogP contribution < -0.4 is 11.1 Å². The molecular weight excluding hydrogens is 266 g/mol. The van der Waals surface area contributed by atoms with Crippen LogP contribution in [0.15, 0.2) is 30.5 Å². The third-order valence-electron chi connectivity index (χ3n) is 3.29. The molecule has 0 aliphatic heterocycles. The third-order valence-corrected chi connectivity index (χ3v) is 3.29. The number of nitrogens with two attached hydrogens (primary N) is 1. The standard InChI is InChI=1S/C16H21N3O2/c1-10(2)7-12(17)9-19-16(21)14-15(20)13-6-4-3-5-11(13)8-18-14/h3-6,8,10,12,20H,7,9,17H2,1-2H3,(H,19,21)/t12-/m0/s1. The molecule has 0 aliphatic rings. The molecule has 1 aromatic heterocycles.